The van der Waals surface area contributed by atoms with Crippen LogP contribution in [0, 0.1) is 0 Å². The number of carbonyl (C=O) groups excluding carboxylic acids is 1. The normalized spacial score (nSPS) is 12.8. The van der Waals surface area contributed by atoms with Gasteiger partial charge in [0.05, 0.1) is 30.2 Å². The number of fused-ring (bicyclic) bond motifs is 3. The third kappa shape index (κ3) is 4.14. The Morgan fingerprint density at radius 3 is 2.77 bits per heavy atom. The highest BCUT2D eigenvalue weighted by atomic mass is 19.4. The molecule has 4 N–H and O–H groups in total. The first-order valence-corrected chi connectivity index (χ1v) is 9.25. The lowest BCUT2D eigenvalue weighted by molar-refractivity contribution is -0.274. The van der Waals surface area contributed by atoms with Gasteiger partial charge in [-0.2, -0.15) is 5.10 Å². The van der Waals surface area contributed by atoms with Crippen LogP contribution in [0.3, 0.4) is 0 Å². The number of aryl methyl sites for hydroxylation is 1. The number of nitrogens with zero attached hydrogens (tertiary/aromatic N) is 4. The van der Waals surface area contributed by atoms with Gasteiger partial charge in [0.15, 0.2) is 11.4 Å². The summed E-state index contributed by atoms with van der Waals surface area (Å²) in [6.45, 7) is -0.107. The van der Waals surface area contributed by atoms with Gasteiger partial charge in [0.25, 0.3) is 5.91 Å². The highest BCUT2D eigenvalue weighted by Gasteiger charge is 2.32. The van der Waals surface area contributed by atoms with Crippen molar-refractivity contribution >= 4 is 17.5 Å². The van der Waals surface area contributed by atoms with E-state index in [1.54, 1.807) is 6.20 Å². The number of halogens is 3. The van der Waals surface area contributed by atoms with Crippen LogP contribution >= 0.6 is 0 Å². The molecule has 0 bridgehead atoms. The molecule has 3 aromatic rings. The first-order valence-electron chi connectivity index (χ1n) is 9.25. The summed E-state index contributed by atoms with van der Waals surface area (Å²) in [5.41, 5.74) is 7.93. The van der Waals surface area contributed by atoms with E-state index in [1.807, 2.05) is 0 Å². The highest BCUT2D eigenvalue weighted by molar-refractivity contribution is 5.94. The van der Waals surface area contributed by atoms with E-state index in [9.17, 15) is 23.1 Å². The number of aliphatic hydroxyl groups excluding tert-OH is 1. The van der Waals surface area contributed by atoms with Crippen LogP contribution in [0.15, 0.2) is 30.5 Å². The van der Waals surface area contributed by atoms with Crippen molar-refractivity contribution in [3.05, 3.63) is 47.3 Å². The average Bonchev–Trinajstić information content (AvgIpc) is 3.08. The number of hydrogen-bond donors (Lipinski definition) is 3. The first-order chi connectivity index (χ1) is 14.8. The lowest BCUT2D eigenvalue weighted by Gasteiger charge is -2.19. The molecule has 1 amide bonds. The number of hydrogen-bond acceptors (Lipinski definition) is 7. The predicted molar refractivity (Wildman–Crippen MR) is 103 cm³/mol. The number of nitrogens with one attached hydrogen (secondary N) is 1. The number of amides is 1. The van der Waals surface area contributed by atoms with Crippen LogP contribution in [0.4, 0.5) is 24.8 Å². The monoisotopic (exact) mass is 434 g/mol. The zero-order chi connectivity index (χ0) is 22.2. The van der Waals surface area contributed by atoms with Crippen molar-refractivity contribution in [2.75, 3.05) is 11.9 Å². The van der Waals surface area contributed by atoms with Crippen molar-refractivity contribution in [1.29, 1.82) is 0 Å². The maximum Gasteiger partial charge on any atom is 0.573 e. The van der Waals surface area contributed by atoms with Gasteiger partial charge >= 0.3 is 6.36 Å². The zero-order valence-electron chi connectivity index (χ0n) is 16.0. The van der Waals surface area contributed by atoms with Crippen LogP contribution < -0.4 is 15.8 Å². The van der Waals surface area contributed by atoms with Crippen molar-refractivity contribution in [1.82, 2.24) is 19.7 Å². The Morgan fingerprint density at radius 2 is 2.06 bits per heavy atom. The molecule has 0 spiro atoms. The molecule has 12 heteroatoms. The van der Waals surface area contributed by atoms with Gasteiger partial charge in [-0.25, -0.2) is 9.97 Å². The van der Waals surface area contributed by atoms with Crippen LogP contribution in [-0.2, 0) is 19.4 Å². The number of para-hydroxylation sites is 2. The van der Waals surface area contributed by atoms with Gasteiger partial charge in [-0.3, -0.25) is 9.48 Å². The van der Waals surface area contributed by atoms with Crippen molar-refractivity contribution in [2.45, 2.75) is 25.7 Å². The van der Waals surface area contributed by atoms with Crippen molar-refractivity contribution in [3.63, 3.8) is 0 Å². The van der Waals surface area contributed by atoms with E-state index in [0.717, 1.165) is 5.56 Å². The summed E-state index contributed by atoms with van der Waals surface area (Å²) in [5.74, 6) is -1.09. The third-order valence-electron chi connectivity index (χ3n) is 4.69. The molecule has 0 atom stereocenters. The van der Waals surface area contributed by atoms with Crippen LogP contribution in [0.1, 0.15) is 21.6 Å². The second-order valence-corrected chi connectivity index (χ2v) is 6.72. The Labute approximate surface area is 173 Å². The fourth-order valence-electron chi connectivity index (χ4n) is 3.47. The van der Waals surface area contributed by atoms with Crippen LogP contribution in [0.25, 0.3) is 11.4 Å². The van der Waals surface area contributed by atoms with Gasteiger partial charge in [-0.15, -0.1) is 13.2 Å². The molecule has 162 valence electrons. The van der Waals surface area contributed by atoms with Crippen molar-refractivity contribution < 1.29 is 27.8 Å². The molecule has 31 heavy (non-hydrogen) atoms. The number of anilines is 2. The Bertz CT molecular complexity index is 1150. The summed E-state index contributed by atoms with van der Waals surface area (Å²) in [5, 5.41) is 16.3. The van der Waals surface area contributed by atoms with Crippen LogP contribution in [0.2, 0.25) is 0 Å². The minimum Gasteiger partial charge on any atom is -0.404 e. The number of alkyl halides is 3. The van der Waals surface area contributed by atoms with E-state index in [4.69, 9.17) is 5.73 Å². The molecular formula is C19H17F3N6O3. The first kappa shape index (κ1) is 20.6. The largest absolute Gasteiger partial charge is 0.573 e. The van der Waals surface area contributed by atoms with E-state index >= 15 is 0 Å². The standard InChI is InChI=1S/C19H17F3N6O3/c20-19(21,22)31-13-4-2-1-3-12(13)25-18-24-9-10-5-6-11-15(17(23)30)27-28(7-8-29)16(11)14(10)26-18/h1-4,9,29H,5-8H2,(H2,23,30)(H,24,25,26). The molecule has 0 saturated carbocycles. The van der Waals surface area contributed by atoms with E-state index in [0.29, 0.717) is 29.8 Å². The number of nitrogens with two attached hydrogens (primary N) is 1. The third-order valence-corrected chi connectivity index (χ3v) is 4.69. The van der Waals surface area contributed by atoms with E-state index in [2.05, 4.69) is 25.1 Å². The second kappa shape index (κ2) is 7.87. The highest BCUT2D eigenvalue weighted by Crippen LogP contribution is 2.36. The summed E-state index contributed by atoms with van der Waals surface area (Å²) < 4.78 is 43.6. The van der Waals surface area contributed by atoms with Gasteiger partial charge in [-0.05, 0) is 30.5 Å². The second-order valence-electron chi connectivity index (χ2n) is 6.72. The van der Waals surface area contributed by atoms with Gasteiger partial charge < -0.3 is 20.9 Å². The molecule has 9 nitrogen and oxygen atoms in total. The van der Waals surface area contributed by atoms with Gasteiger partial charge in [0.2, 0.25) is 5.95 Å². The Hall–Kier alpha value is -3.67. The van der Waals surface area contributed by atoms with Gasteiger partial charge in [0.1, 0.15) is 0 Å². The molecule has 4 rings (SSSR count). The number of carbonyl (C=O) groups is 1. The molecule has 1 aliphatic carbocycles. The quantitative estimate of drug-likeness (QED) is 0.542. The summed E-state index contributed by atoms with van der Waals surface area (Å²) in [6, 6.07) is 5.51. The number of aromatic nitrogens is 4. The van der Waals surface area contributed by atoms with Crippen LogP contribution in [0.5, 0.6) is 5.75 Å². The van der Waals surface area contributed by atoms with Crippen LogP contribution in [-0.4, -0.2) is 43.7 Å². The number of benzene rings is 1. The molecule has 1 aliphatic rings. The minimum atomic E-state index is -4.86. The molecule has 0 aliphatic heterocycles. The number of rotatable bonds is 6. The Kier molecular flexibility index (Phi) is 5.23. The fraction of sp³-hybridized carbons (Fsp3) is 0.263. The molecule has 0 unspecified atom stereocenters. The smallest absolute Gasteiger partial charge is 0.404 e. The van der Waals surface area contributed by atoms with Crippen molar-refractivity contribution in [3.8, 4) is 17.1 Å². The summed E-state index contributed by atoms with van der Waals surface area (Å²) in [7, 11) is 0. The lowest BCUT2D eigenvalue weighted by atomic mass is 9.93. The molecule has 0 fully saturated rings. The van der Waals surface area contributed by atoms with Crippen molar-refractivity contribution in [2.24, 2.45) is 5.73 Å². The molecule has 0 radical (unpaired) electrons. The van der Waals surface area contributed by atoms with Gasteiger partial charge in [0, 0.05) is 11.8 Å². The minimum absolute atomic E-state index is 0.0255. The maximum absolute atomic E-state index is 12.7. The Morgan fingerprint density at radius 1 is 1.29 bits per heavy atom. The fourth-order valence-corrected chi connectivity index (χ4v) is 3.47. The molecule has 2 heterocycles. The van der Waals surface area contributed by atoms with Gasteiger partial charge in [-0.1, -0.05) is 12.1 Å². The average molecular weight is 434 g/mol. The summed E-state index contributed by atoms with van der Waals surface area (Å²) in [6.07, 6.45) is -2.28. The number of aliphatic hydroxyl groups is 1. The molecule has 0 saturated heterocycles. The number of ether oxygens (including phenoxy) is 1. The molecule has 1 aromatic carbocycles. The molecular weight excluding hydrogens is 417 g/mol. The summed E-state index contributed by atoms with van der Waals surface area (Å²) >= 11 is 0. The van der Waals surface area contributed by atoms with E-state index in [1.165, 1.54) is 28.9 Å². The topological polar surface area (TPSA) is 128 Å². The van der Waals surface area contributed by atoms with E-state index < -0.39 is 18.0 Å². The Balaban J connectivity index is 1.74. The SMILES string of the molecule is NC(=O)c1nn(CCO)c2c1CCc1cnc(Nc3ccccc3OC(F)(F)F)nc1-2. The van der Waals surface area contributed by atoms with E-state index in [-0.39, 0.29) is 30.5 Å². The maximum atomic E-state index is 12.7. The molecule has 2 aromatic heterocycles. The lowest BCUT2D eigenvalue weighted by Crippen LogP contribution is -2.18. The number of primary amides is 1. The predicted octanol–water partition coefficient (Wildman–Crippen LogP) is 2.17. The summed E-state index contributed by atoms with van der Waals surface area (Å²) in [4.78, 5) is 20.4. The zero-order valence-corrected chi connectivity index (χ0v) is 16.0.